The van der Waals surface area contributed by atoms with E-state index in [0.717, 1.165) is 0 Å². The van der Waals surface area contributed by atoms with Gasteiger partial charge in [0.2, 0.25) is 0 Å². The standard InChI is InChI=1S/C14H17F2NO3S/c1-17(9-5-8-12(18)20-2)13(19)10-6-3-4-7-11(10)21-14(15)16/h3-4,6-7,14H,5,8-9H2,1-2H3. The van der Waals surface area contributed by atoms with Crippen LogP contribution in [0.3, 0.4) is 0 Å². The Morgan fingerprint density at radius 3 is 2.62 bits per heavy atom. The van der Waals surface area contributed by atoms with Crippen LogP contribution >= 0.6 is 11.8 Å². The summed E-state index contributed by atoms with van der Waals surface area (Å²) < 4.78 is 29.5. The molecule has 1 rings (SSSR count). The lowest BCUT2D eigenvalue weighted by atomic mass is 10.2. The summed E-state index contributed by atoms with van der Waals surface area (Å²) in [5.41, 5.74) is 0.239. The van der Waals surface area contributed by atoms with Gasteiger partial charge in [-0.3, -0.25) is 9.59 Å². The van der Waals surface area contributed by atoms with Crippen molar-refractivity contribution in [3.63, 3.8) is 0 Å². The Morgan fingerprint density at radius 1 is 1.33 bits per heavy atom. The molecule has 0 radical (unpaired) electrons. The average Bonchev–Trinajstić information content (AvgIpc) is 2.46. The molecule has 1 aromatic carbocycles. The van der Waals surface area contributed by atoms with Gasteiger partial charge in [0.1, 0.15) is 0 Å². The normalized spacial score (nSPS) is 10.5. The molecular weight excluding hydrogens is 300 g/mol. The fraction of sp³-hybridized carbons (Fsp3) is 0.429. The Morgan fingerprint density at radius 2 is 2.00 bits per heavy atom. The summed E-state index contributed by atoms with van der Waals surface area (Å²) in [6.45, 7) is 0.349. The van der Waals surface area contributed by atoms with Gasteiger partial charge in [-0.25, -0.2) is 0 Å². The molecule has 0 fully saturated rings. The number of benzene rings is 1. The molecule has 116 valence electrons. The maximum Gasteiger partial charge on any atom is 0.305 e. The predicted molar refractivity (Wildman–Crippen MR) is 76.5 cm³/mol. The van der Waals surface area contributed by atoms with Crippen LogP contribution in [-0.2, 0) is 9.53 Å². The summed E-state index contributed by atoms with van der Waals surface area (Å²) in [4.78, 5) is 24.9. The van der Waals surface area contributed by atoms with Gasteiger partial charge in [0.25, 0.3) is 11.7 Å². The number of hydrogen-bond donors (Lipinski definition) is 0. The number of carbonyl (C=O) groups is 2. The van der Waals surface area contributed by atoms with Gasteiger partial charge >= 0.3 is 5.97 Å². The molecule has 7 heteroatoms. The van der Waals surface area contributed by atoms with Crippen LogP contribution in [0, 0.1) is 0 Å². The highest BCUT2D eigenvalue weighted by molar-refractivity contribution is 7.99. The molecule has 21 heavy (non-hydrogen) atoms. The number of halogens is 2. The van der Waals surface area contributed by atoms with E-state index in [0.29, 0.717) is 24.7 Å². The summed E-state index contributed by atoms with van der Waals surface area (Å²) in [6, 6.07) is 6.25. The lowest BCUT2D eigenvalue weighted by Gasteiger charge is -2.18. The molecule has 0 spiro atoms. The van der Waals surface area contributed by atoms with Crippen LogP contribution < -0.4 is 0 Å². The third kappa shape index (κ3) is 5.71. The van der Waals surface area contributed by atoms with Crippen molar-refractivity contribution in [2.24, 2.45) is 0 Å². The van der Waals surface area contributed by atoms with Crippen LogP contribution in [0.2, 0.25) is 0 Å². The van der Waals surface area contributed by atoms with Crippen molar-refractivity contribution < 1.29 is 23.1 Å². The van der Waals surface area contributed by atoms with Gasteiger partial charge in [-0.2, -0.15) is 8.78 Å². The fourth-order valence-corrected chi connectivity index (χ4v) is 2.34. The summed E-state index contributed by atoms with van der Waals surface area (Å²) in [6.07, 6.45) is 0.667. The van der Waals surface area contributed by atoms with E-state index in [1.807, 2.05) is 0 Å². The Bertz CT molecular complexity index is 497. The second kappa shape index (κ2) is 8.61. The number of ether oxygens (including phenoxy) is 1. The minimum atomic E-state index is -2.58. The van der Waals surface area contributed by atoms with Gasteiger partial charge in [-0.05, 0) is 18.6 Å². The maximum absolute atomic E-state index is 12.5. The fourth-order valence-electron chi connectivity index (χ4n) is 1.71. The molecule has 1 aromatic rings. The lowest BCUT2D eigenvalue weighted by Crippen LogP contribution is -2.28. The number of nitrogens with zero attached hydrogens (tertiary/aromatic N) is 1. The second-order valence-corrected chi connectivity index (χ2v) is 5.31. The lowest BCUT2D eigenvalue weighted by molar-refractivity contribution is -0.140. The van der Waals surface area contributed by atoms with Crippen LogP contribution in [0.25, 0.3) is 0 Å². The highest BCUT2D eigenvalue weighted by Gasteiger charge is 2.18. The van der Waals surface area contributed by atoms with Crippen molar-refractivity contribution in [3.05, 3.63) is 29.8 Å². The largest absolute Gasteiger partial charge is 0.469 e. The van der Waals surface area contributed by atoms with Gasteiger partial charge in [0.05, 0.1) is 12.7 Å². The van der Waals surface area contributed by atoms with Crippen LogP contribution in [0.15, 0.2) is 29.2 Å². The van der Waals surface area contributed by atoms with E-state index in [1.165, 1.54) is 24.1 Å². The maximum atomic E-state index is 12.5. The van der Waals surface area contributed by atoms with E-state index in [2.05, 4.69) is 4.74 Å². The number of esters is 1. The molecule has 0 aliphatic rings. The highest BCUT2D eigenvalue weighted by atomic mass is 32.2. The molecule has 0 N–H and O–H groups in total. The second-order valence-electron chi connectivity index (χ2n) is 4.28. The molecule has 0 aromatic heterocycles. The monoisotopic (exact) mass is 317 g/mol. The molecule has 0 aliphatic carbocycles. The van der Waals surface area contributed by atoms with Crippen molar-refractivity contribution in [2.45, 2.75) is 23.5 Å². The number of rotatable bonds is 7. The van der Waals surface area contributed by atoms with E-state index >= 15 is 0 Å². The van der Waals surface area contributed by atoms with Gasteiger partial charge in [-0.15, -0.1) is 0 Å². The van der Waals surface area contributed by atoms with Gasteiger partial charge in [0.15, 0.2) is 0 Å². The molecule has 0 unspecified atom stereocenters. The van der Waals surface area contributed by atoms with Crippen LogP contribution in [0.1, 0.15) is 23.2 Å². The number of methoxy groups -OCH3 is 1. The van der Waals surface area contributed by atoms with Gasteiger partial charge < -0.3 is 9.64 Å². The summed E-state index contributed by atoms with van der Waals surface area (Å²) >= 11 is 0.348. The first-order chi connectivity index (χ1) is 9.95. The van der Waals surface area contributed by atoms with Crippen LogP contribution in [0.4, 0.5) is 8.78 Å². The zero-order valence-corrected chi connectivity index (χ0v) is 12.7. The molecule has 0 aliphatic heterocycles. The Labute approximate surface area is 126 Å². The summed E-state index contributed by atoms with van der Waals surface area (Å²) in [5, 5.41) is 0. The zero-order valence-electron chi connectivity index (χ0n) is 11.8. The number of carbonyl (C=O) groups excluding carboxylic acids is 2. The summed E-state index contributed by atoms with van der Waals surface area (Å²) in [7, 11) is 2.87. The van der Waals surface area contributed by atoms with E-state index in [1.54, 1.807) is 19.2 Å². The van der Waals surface area contributed by atoms with E-state index in [4.69, 9.17) is 0 Å². The molecule has 0 saturated carbocycles. The number of thioether (sulfide) groups is 1. The first-order valence-electron chi connectivity index (χ1n) is 6.31. The van der Waals surface area contributed by atoms with Crippen molar-refractivity contribution in [1.82, 2.24) is 4.90 Å². The number of hydrogen-bond acceptors (Lipinski definition) is 4. The zero-order chi connectivity index (χ0) is 15.8. The Balaban J connectivity index is 2.67. The minimum Gasteiger partial charge on any atom is -0.469 e. The summed E-state index contributed by atoms with van der Waals surface area (Å²) in [5.74, 6) is -3.27. The molecule has 0 bridgehead atoms. The van der Waals surface area contributed by atoms with Gasteiger partial charge in [-0.1, -0.05) is 23.9 Å². The SMILES string of the molecule is COC(=O)CCCN(C)C(=O)c1ccccc1SC(F)F. The molecule has 0 atom stereocenters. The van der Waals surface area contributed by atoms with Crippen molar-refractivity contribution in [1.29, 1.82) is 0 Å². The Hall–Kier alpha value is -1.63. The highest BCUT2D eigenvalue weighted by Crippen LogP contribution is 2.28. The van der Waals surface area contributed by atoms with Crippen LogP contribution in [0.5, 0.6) is 0 Å². The quantitative estimate of drug-likeness (QED) is 0.573. The topological polar surface area (TPSA) is 46.6 Å². The van der Waals surface area contributed by atoms with Crippen molar-refractivity contribution in [3.8, 4) is 0 Å². The first-order valence-corrected chi connectivity index (χ1v) is 7.19. The minimum absolute atomic E-state index is 0.210. The average molecular weight is 317 g/mol. The third-order valence-electron chi connectivity index (χ3n) is 2.78. The molecular formula is C14H17F2NO3S. The molecule has 4 nitrogen and oxygen atoms in total. The van der Waals surface area contributed by atoms with E-state index in [9.17, 15) is 18.4 Å². The van der Waals surface area contributed by atoms with E-state index in [-0.39, 0.29) is 28.8 Å². The van der Waals surface area contributed by atoms with Crippen molar-refractivity contribution >= 4 is 23.6 Å². The van der Waals surface area contributed by atoms with Crippen molar-refractivity contribution in [2.75, 3.05) is 20.7 Å². The smallest absolute Gasteiger partial charge is 0.305 e. The van der Waals surface area contributed by atoms with Gasteiger partial charge in [0, 0.05) is 24.9 Å². The number of amides is 1. The molecule has 0 saturated heterocycles. The number of alkyl halides is 2. The first kappa shape index (κ1) is 17.4. The van der Waals surface area contributed by atoms with Crippen LogP contribution in [-0.4, -0.2) is 43.2 Å². The molecule has 1 amide bonds. The molecule has 0 heterocycles. The predicted octanol–water partition coefficient (Wildman–Crippen LogP) is 3.03. The third-order valence-corrected chi connectivity index (χ3v) is 3.57. The van der Waals surface area contributed by atoms with E-state index < -0.39 is 5.76 Å². The Kier molecular flexibility index (Phi) is 7.14.